The minimum absolute atomic E-state index is 0.0331. The number of ether oxygens (including phenoxy) is 1. The summed E-state index contributed by atoms with van der Waals surface area (Å²) in [4.78, 5) is 0. The SMILES string of the molecule is N#Cc1cc(OC(F)F)c(N)cc1Cl. The van der Waals surface area contributed by atoms with E-state index in [0.29, 0.717) is 0 Å². The van der Waals surface area contributed by atoms with E-state index in [-0.39, 0.29) is 22.0 Å². The summed E-state index contributed by atoms with van der Waals surface area (Å²) in [5.74, 6) is -0.249. The smallest absolute Gasteiger partial charge is 0.387 e. The van der Waals surface area contributed by atoms with E-state index in [9.17, 15) is 8.78 Å². The molecule has 2 N–H and O–H groups in total. The molecule has 0 aliphatic heterocycles. The lowest BCUT2D eigenvalue weighted by atomic mass is 10.2. The summed E-state index contributed by atoms with van der Waals surface area (Å²) in [5.41, 5.74) is 5.35. The van der Waals surface area contributed by atoms with Gasteiger partial charge < -0.3 is 10.5 Å². The minimum atomic E-state index is -2.98. The Morgan fingerprint density at radius 2 is 2.14 bits per heavy atom. The fraction of sp³-hybridized carbons (Fsp3) is 0.125. The molecule has 6 heteroatoms. The van der Waals surface area contributed by atoms with E-state index in [1.807, 2.05) is 0 Å². The summed E-state index contributed by atoms with van der Waals surface area (Å²) in [5, 5.41) is 8.65. The van der Waals surface area contributed by atoms with Gasteiger partial charge in [0.05, 0.1) is 16.3 Å². The second-order valence-corrected chi connectivity index (χ2v) is 2.77. The molecule has 1 aromatic carbocycles. The van der Waals surface area contributed by atoms with Crippen molar-refractivity contribution in [2.45, 2.75) is 6.61 Å². The average Bonchev–Trinajstić information content (AvgIpc) is 2.09. The predicted octanol–water partition coefficient (Wildman–Crippen LogP) is 2.40. The van der Waals surface area contributed by atoms with Crippen molar-refractivity contribution in [2.75, 3.05) is 5.73 Å². The van der Waals surface area contributed by atoms with E-state index in [2.05, 4.69) is 4.74 Å². The lowest BCUT2D eigenvalue weighted by molar-refractivity contribution is -0.0493. The zero-order valence-corrected chi connectivity index (χ0v) is 7.55. The molecule has 0 atom stereocenters. The van der Waals surface area contributed by atoms with Gasteiger partial charge in [-0.15, -0.1) is 0 Å². The van der Waals surface area contributed by atoms with Gasteiger partial charge in [-0.05, 0) is 6.07 Å². The molecule has 0 saturated carbocycles. The Morgan fingerprint density at radius 3 is 2.64 bits per heavy atom. The van der Waals surface area contributed by atoms with Gasteiger partial charge in [0.2, 0.25) is 0 Å². The molecule has 1 aromatic rings. The van der Waals surface area contributed by atoms with Crippen LogP contribution in [0.2, 0.25) is 5.02 Å². The van der Waals surface area contributed by atoms with E-state index in [0.717, 1.165) is 6.07 Å². The first-order valence-corrected chi connectivity index (χ1v) is 3.86. The highest BCUT2D eigenvalue weighted by Crippen LogP contribution is 2.29. The van der Waals surface area contributed by atoms with Crippen LogP contribution in [0.25, 0.3) is 0 Å². The first kappa shape index (κ1) is 10.5. The van der Waals surface area contributed by atoms with Crippen LogP contribution in [0.3, 0.4) is 0 Å². The van der Waals surface area contributed by atoms with Gasteiger partial charge >= 0.3 is 6.61 Å². The fourth-order valence-corrected chi connectivity index (χ4v) is 1.07. The van der Waals surface area contributed by atoms with E-state index in [1.54, 1.807) is 6.07 Å². The third-order valence-corrected chi connectivity index (χ3v) is 1.75. The van der Waals surface area contributed by atoms with Crippen LogP contribution in [0, 0.1) is 11.3 Å². The van der Waals surface area contributed by atoms with E-state index >= 15 is 0 Å². The van der Waals surface area contributed by atoms with Gasteiger partial charge in [0.1, 0.15) is 11.8 Å². The minimum Gasteiger partial charge on any atom is -0.433 e. The first-order chi connectivity index (χ1) is 6.54. The van der Waals surface area contributed by atoms with Gasteiger partial charge in [0, 0.05) is 6.07 Å². The van der Waals surface area contributed by atoms with Crippen molar-refractivity contribution in [3.63, 3.8) is 0 Å². The predicted molar refractivity (Wildman–Crippen MR) is 47.2 cm³/mol. The zero-order valence-electron chi connectivity index (χ0n) is 6.80. The monoisotopic (exact) mass is 218 g/mol. The van der Waals surface area contributed by atoms with Crippen molar-refractivity contribution in [3.05, 3.63) is 22.7 Å². The molecular formula is C8H5ClF2N2O. The summed E-state index contributed by atoms with van der Waals surface area (Å²) in [6.07, 6.45) is 0. The third-order valence-electron chi connectivity index (χ3n) is 1.44. The lowest BCUT2D eigenvalue weighted by Gasteiger charge is -2.08. The van der Waals surface area contributed by atoms with Crippen LogP contribution in [0.5, 0.6) is 5.75 Å². The number of benzene rings is 1. The molecule has 0 aliphatic carbocycles. The van der Waals surface area contributed by atoms with Crippen LogP contribution >= 0.6 is 11.6 Å². The van der Waals surface area contributed by atoms with Gasteiger partial charge in [0.25, 0.3) is 0 Å². The van der Waals surface area contributed by atoms with E-state index in [1.165, 1.54) is 6.07 Å². The average molecular weight is 219 g/mol. The molecule has 14 heavy (non-hydrogen) atoms. The molecule has 3 nitrogen and oxygen atoms in total. The van der Waals surface area contributed by atoms with Crippen LogP contribution in [0.15, 0.2) is 12.1 Å². The highest BCUT2D eigenvalue weighted by atomic mass is 35.5. The van der Waals surface area contributed by atoms with Crippen molar-refractivity contribution in [1.29, 1.82) is 5.26 Å². The number of hydrogen-bond acceptors (Lipinski definition) is 3. The summed E-state index contributed by atoms with van der Waals surface area (Å²) in [7, 11) is 0. The maximum atomic E-state index is 11.8. The van der Waals surface area contributed by atoms with Gasteiger partial charge in [0.15, 0.2) is 0 Å². The highest BCUT2D eigenvalue weighted by Gasteiger charge is 2.11. The Morgan fingerprint density at radius 1 is 1.50 bits per heavy atom. The van der Waals surface area contributed by atoms with Crippen LogP contribution in [-0.4, -0.2) is 6.61 Å². The number of alkyl halides is 2. The quantitative estimate of drug-likeness (QED) is 0.776. The molecule has 0 saturated heterocycles. The molecule has 0 amide bonds. The number of nitrogens with two attached hydrogens (primary N) is 1. The lowest BCUT2D eigenvalue weighted by Crippen LogP contribution is -2.04. The Labute approximate surface area is 83.6 Å². The Kier molecular flexibility index (Phi) is 3.10. The molecule has 1 rings (SSSR count). The second kappa shape index (κ2) is 4.11. The maximum Gasteiger partial charge on any atom is 0.387 e. The van der Waals surface area contributed by atoms with Crippen molar-refractivity contribution >= 4 is 17.3 Å². The van der Waals surface area contributed by atoms with E-state index < -0.39 is 6.61 Å². The van der Waals surface area contributed by atoms with Crippen LogP contribution in [0.4, 0.5) is 14.5 Å². The zero-order chi connectivity index (χ0) is 10.7. The van der Waals surface area contributed by atoms with Crippen LogP contribution in [-0.2, 0) is 0 Å². The third kappa shape index (κ3) is 2.24. The Hall–Kier alpha value is -1.54. The van der Waals surface area contributed by atoms with Crippen molar-refractivity contribution in [3.8, 4) is 11.8 Å². The number of rotatable bonds is 2. The second-order valence-electron chi connectivity index (χ2n) is 2.36. The van der Waals surface area contributed by atoms with Crippen molar-refractivity contribution in [1.82, 2.24) is 0 Å². The fourth-order valence-electron chi connectivity index (χ4n) is 0.852. The number of anilines is 1. The van der Waals surface area contributed by atoms with Gasteiger partial charge in [-0.25, -0.2) is 0 Å². The molecule has 0 aromatic heterocycles. The molecule has 0 bridgehead atoms. The first-order valence-electron chi connectivity index (χ1n) is 3.48. The summed E-state index contributed by atoms with van der Waals surface area (Å²) in [6, 6.07) is 3.99. The molecule has 0 unspecified atom stereocenters. The summed E-state index contributed by atoms with van der Waals surface area (Å²) < 4.78 is 27.8. The van der Waals surface area contributed by atoms with Crippen LogP contribution in [0.1, 0.15) is 5.56 Å². The normalized spacial score (nSPS) is 9.93. The molecule has 0 fully saturated rings. The van der Waals surface area contributed by atoms with Gasteiger partial charge in [-0.3, -0.25) is 0 Å². The standard InChI is InChI=1S/C8H5ClF2N2O/c9-5-2-6(13)7(14-8(10)11)1-4(5)3-12/h1-2,8H,13H2. The highest BCUT2D eigenvalue weighted by molar-refractivity contribution is 6.32. The van der Waals surface area contributed by atoms with E-state index in [4.69, 9.17) is 22.6 Å². The van der Waals surface area contributed by atoms with Gasteiger partial charge in [-0.1, -0.05) is 11.6 Å². The molecule has 74 valence electrons. The number of nitrogen functional groups attached to an aromatic ring is 1. The molecule has 0 heterocycles. The van der Waals surface area contributed by atoms with Crippen molar-refractivity contribution < 1.29 is 13.5 Å². The molecular weight excluding hydrogens is 214 g/mol. The van der Waals surface area contributed by atoms with Crippen molar-refractivity contribution in [2.24, 2.45) is 0 Å². The Balaban J connectivity index is 3.12. The summed E-state index contributed by atoms with van der Waals surface area (Å²) in [6.45, 7) is -2.98. The molecule has 0 radical (unpaired) electrons. The molecule has 0 spiro atoms. The van der Waals surface area contributed by atoms with Gasteiger partial charge in [-0.2, -0.15) is 14.0 Å². The molecule has 0 aliphatic rings. The maximum absolute atomic E-state index is 11.8. The summed E-state index contributed by atoms with van der Waals surface area (Å²) >= 11 is 5.59. The largest absolute Gasteiger partial charge is 0.433 e. The number of hydrogen-bond donors (Lipinski definition) is 1. The Bertz CT molecular complexity index is 390. The number of nitriles is 1. The van der Waals surface area contributed by atoms with Crippen LogP contribution < -0.4 is 10.5 Å². The number of halogens is 3. The topological polar surface area (TPSA) is 59.0 Å². The number of nitrogens with zero attached hydrogens (tertiary/aromatic N) is 1.